The Morgan fingerprint density at radius 2 is 1.81 bits per heavy atom. The molecular weight excluding hydrogens is 396 g/mol. The quantitative estimate of drug-likeness (QED) is 0.445. The lowest BCUT2D eigenvalue weighted by molar-refractivity contribution is -0.131. The van der Waals surface area contributed by atoms with Crippen molar-refractivity contribution in [1.82, 2.24) is 0 Å². The number of aliphatic carboxylic acids is 1. The highest BCUT2D eigenvalue weighted by Gasteiger charge is 2.16. The summed E-state index contributed by atoms with van der Waals surface area (Å²) in [4.78, 5) is 11.3. The number of benzene rings is 3. The molecule has 0 aliphatic heterocycles. The largest absolute Gasteiger partial charge is 0.495 e. The number of carboxylic acid groups (broad SMARTS) is 1. The molecule has 0 fully saturated rings. The summed E-state index contributed by atoms with van der Waals surface area (Å²) in [6.45, 7) is 0.417. The molecule has 0 atom stereocenters. The molecule has 132 valence electrons. The Kier molecular flexibility index (Phi) is 5.58. The SMILES string of the molecule is CO/C(=C(\Br)C(=O)O)c1cccc2ccc(COc3ccccc3)cc12. The number of carbonyl (C=O) groups is 1. The van der Waals surface area contributed by atoms with Gasteiger partial charge in [-0.1, -0.05) is 48.5 Å². The summed E-state index contributed by atoms with van der Waals surface area (Å²) < 4.78 is 11.1. The first-order valence-electron chi connectivity index (χ1n) is 7.97. The molecule has 3 aromatic carbocycles. The Morgan fingerprint density at radius 1 is 1.04 bits per heavy atom. The number of hydrogen-bond donors (Lipinski definition) is 1. The predicted molar refractivity (Wildman–Crippen MR) is 105 cm³/mol. The molecule has 0 saturated heterocycles. The van der Waals surface area contributed by atoms with Gasteiger partial charge in [-0.2, -0.15) is 0 Å². The third kappa shape index (κ3) is 3.89. The van der Waals surface area contributed by atoms with Crippen LogP contribution < -0.4 is 4.74 Å². The fourth-order valence-corrected chi connectivity index (χ4v) is 3.08. The van der Waals surface area contributed by atoms with Crippen molar-refractivity contribution in [3.05, 3.63) is 82.3 Å². The minimum absolute atomic E-state index is 0.0153. The zero-order valence-electron chi connectivity index (χ0n) is 14.1. The summed E-state index contributed by atoms with van der Waals surface area (Å²) >= 11 is 3.10. The Balaban J connectivity index is 2.00. The number of hydrogen-bond acceptors (Lipinski definition) is 3. The first-order chi connectivity index (χ1) is 12.6. The Morgan fingerprint density at radius 3 is 2.50 bits per heavy atom. The van der Waals surface area contributed by atoms with Gasteiger partial charge in [0.15, 0.2) is 0 Å². The maximum Gasteiger partial charge on any atom is 0.346 e. The van der Waals surface area contributed by atoms with E-state index in [9.17, 15) is 9.90 Å². The lowest BCUT2D eigenvalue weighted by atomic mass is 10.0. The van der Waals surface area contributed by atoms with E-state index >= 15 is 0 Å². The van der Waals surface area contributed by atoms with Gasteiger partial charge < -0.3 is 14.6 Å². The van der Waals surface area contributed by atoms with E-state index in [1.807, 2.05) is 66.7 Å². The number of carboxylic acids is 1. The Bertz CT molecular complexity index is 964. The fraction of sp³-hybridized carbons (Fsp3) is 0.0952. The highest BCUT2D eigenvalue weighted by molar-refractivity contribution is 9.12. The molecule has 0 spiro atoms. The van der Waals surface area contributed by atoms with Gasteiger partial charge in [0.05, 0.1) is 7.11 Å². The molecule has 0 heterocycles. The van der Waals surface area contributed by atoms with Gasteiger partial charge in [0, 0.05) is 5.56 Å². The normalized spacial score (nSPS) is 11.8. The van der Waals surface area contributed by atoms with Crippen molar-refractivity contribution in [2.24, 2.45) is 0 Å². The summed E-state index contributed by atoms with van der Waals surface area (Å²) in [5, 5.41) is 11.2. The van der Waals surface area contributed by atoms with Gasteiger partial charge in [-0.3, -0.25) is 0 Å². The molecule has 0 saturated carbocycles. The highest BCUT2D eigenvalue weighted by atomic mass is 79.9. The summed E-state index contributed by atoms with van der Waals surface area (Å²) in [6, 6.07) is 21.3. The molecule has 0 aromatic heterocycles. The Labute approximate surface area is 159 Å². The molecule has 0 unspecified atom stereocenters. The van der Waals surface area contributed by atoms with E-state index in [-0.39, 0.29) is 10.2 Å². The van der Waals surface area contributed by atoms with Crippen LogP contribution in [0.4, 0.5) is 0 Å². The summed E-state index contributed by atoms with van der Waals surface area (Å²) in [7, 11) is 1.46. The molecule has 0 radical (unpaired) electrons. The summed E-state index contributed by atoms with van der Waals surface area (Å²) in [5.74, 6) is -0.00127. The molecule has 1 N–H and O–H groups in total. The van der Waals surface area contributed by atoms with E-state index in [1.165, 1.54) is 7.11 Å². The zero-order valence-corrected chi connectivity index (χ0v) is 15.7. The van der Waals surface area contributed by atoms with Gasteiger partial charge in [0.2, 0.25) is 0 Å². The highest BCUT2D eigenvalue weighted by Crippen LogP contribution is 2.31. The third-order valence-electron chi connectivity index (χ3n) is 3.93. The van der Waals surface area contributed by atoms with Crippen LogP contribution in [0.1, 0.15) is 11.1 Å². The van der Waals surface area contributed by atoms with E-state index < -0.39 is 5.97 Å². The van der Waals surface area contributed by atoms with Gasteiger partial charge in [0.25, 0.3) is 0 Å². The molecule has 0 aliphatic rings. The van der Waals surface area contributed by atoms with Crippen LogP contribution in [0.25, 0.3) is 16.5 Å². The molecule has 3 rings (SSSR count). The Hall–Kier alpha value is -2.79. The predicted octanol–water partition coefficient (Wildman–Crippen LogP) is 5.21. The number of fused-ring (bicyclic) bond motifs is 1. The molecule has 3 aromatic rings. The first kappa shape index (κ1) is 18.0. The first-order valence-corrected chi connectivity index (χ1v) is 8.76. The van der Waals surface area contributed by atoms with Crippen LogP contribution in [0.3, 0.4) is 0 Å². The number of ether oxygens (including phenoxy) is 2. The standard InChI is InChI=1S/C21H17BrO4/c1-25-20(19(22)21(23)24)17-9-5-6-15-11-10-14(12-18(15)17)13-26-16-7-3-2-4-8-16/h2-12H,13H2,1H3,(H,23,24)/b20-19-. The molecule has 26 heavy (non-hydrogen) atoms. The van der Waals surface area contributed by atoms with Crippen LogP contribution in [0.5, 0.6) is 5.75 Å². The van der Waals surface area contributed by atoms with E-state index in [4.69, 9.17) is 9.47 Å². The molecule has 0 aliphatic carbocycles. The lowest BCUT2D eigenvalue weighted by Gasteiger charge is -2.13. The van der Waals surface area contributed by atoms with Crippen molar-refractivity contribution in [2.75, 3.05) is 7.11 Å². The van der Waals surface area contributed by atoms with Crippen LogP contribution in [0, 0.1) is 0 Å². The average Bonchev–Trinajstić information content (AvgIpc) is 2.67. The fourth-order valence-electron chi connectivity index (χ4n) is 2.71. The van der Waals surface area contributed by atoms with Gasteiger partial charge >= 0.3 is 5.97 Å². The van der Waals surface area contributed by atoms with Crippen molar-refractivity contribution in [2.45, 2.75) is 6.61 Å². The number of halogens is 1. The summed E-state index contributed by atoms with van der Waals surface area (Å²) in [6.07, 6.45) is 0. The topological polar surface area (TPSA) is 55.8 Å². The maximum atomic E-state index is 11.3. The van der Waals surface area contributed by atoms with Gasteiger partial charge in [-0.05, 0) is 50.5 Å². The van der Waals surface area contributed by atoms with E-state index in [2.05, 4.69) is 15.9 Å². The zero-order chi connectivity index (χ0) is 18.5. The van der Waals surface area contributed by atoms with Crippen molar-refractivity contribution in [1.29, 1.82) is 0 Å². The van der Waals surface area contributed by atoms with E-state index in [1.54, 1.807) is 0 Å². The van der Waals surface area contributed by atoms with Gasteiger partial charge in [-0.25, -0.2) is 4.79 Å². The van der Waals surface area contributed by atoms with Crippen molar-refractivity contribution >= 4 is 38.4 Å². The van der Waals surface area contributed by atoms with Crippen LogP contribution in [0.15, 0.2) is 71.2 Å². The van der Waals surface area contributed by atoms with Crippen molar-refractivity contribution in [3.8, 4) is 5.75 Å². The van der Waals surface area contributed by atoms with Gasteiger partial charge in [0.1, 0.15) is 22.6 Å². The maximum absolute atomic E-state index is 11.3. The van der Waals surface area contributed by atoms with E-state index in [0.717, 1.165) is 22.1 Å². The molecule has 4 nitrogen and oxygen atoms in total. The minimum atomic E-state index is -1.08. The second-order valence-electron chi connectivity index (χ2n) is 5.62. The van der Waals surface area contributed by atoms with E-state index in [0.29, 0.717) is 12.2 Å². The minimum Gasteiger partial charge on any atom is -0.495 e. The van der Waals surface area contributed by atoms with Crippen LogP contribution in [-0.4, -0.2) is 18.2 Å². The second kappa shape index (κ2) is 8.06. The lowest BCUT2D eigenvalue weighted by Crippen LogP contribution is -2.01. The number of rotatable bonds is 6. The monoisotopic (exact) mass is 412 g/mol. The molecule has 0 amide bonds. The number of para-hydroxylation sites is 1. The smallest absolute Gasteiger partial charge is 0.346 e. The second-order valence-corrected chi connectivity index (χ2v) is 6.41. The molecule has 5 heteroatoms. The van der Waals surface area contributed by atoms with Crippen LogP contribution in [-0.2, 0) is 16.1 Å². The van der Waals surface area contributed by atoms with Crippen molar-refractivity contribution < 1.29 is 19.4 Å². The van der Waals surface area contributed by atoms with Crippen LogP contribution >= 0.6 is 15.9 Å². The summed E-state index contributed by atoms with van der Waals surface area (Å²) in [5.41, 5.74) is 1.69. The number of methoxy groups -OCH3 is 1. The molecule has 0 bridgehead atoms. The van der Waals surface area contributed by atoms with Crippen molar-refractivity contribution in [3.63, 3.8) is 0 Å². The average molecular weight is 413 g/mol. The molecular formula is C21H17BrO4. The third-order valence-corrected chi connectivity index (χ3v) is 4.63. The van der Waals surface area contributed by atoms with Gasteiger partial charge in [-0.15, -0.1) is 0 Å². The van der Waals surface area contributed by atoms with Crippen LogP contribution in [0.2, 0.25) is 0 Å².